The average molecular weight is 441 g/mol. The zero-order valence-corrected chi connectivity index (χ0v) is 17.8. The van der Waals surface area contributed by atoms with Gasteiger partial charge in [-0.3, -0.25) is 4.79 Å². The van der Waals surface area contributed by atoms with E-state index < -0.39 is 39.5 Å². The molecule has 1 aliphatic carbocycles. The summed E-state index contributed by atoms with van der Waals surface area (Å²) in [4.78, 5) is 21.2. The summed E-state index contributed by atoms with van der Waals surface area (Å²) in [7, 11) is 0. The fraction of sp³-hybridized carbons (Fsp3) is 0.476. The predicted octanol–water partition coefficient (Wildman–Crippen LogP) is 4.87. The molecule has 0 aliphatic heterocycles. The second kappa shape index (κ2) is 9.20. The van der Waals surface area contributed by atoms with E-state index in [1.165, 1.54) is 0 Å². The van der Waals surface area contributed by atoms with E-state index in [-0.39, 0.29) is 6.04 Å². The van der Waals surface area contributed by atoms with Crippen LogP contribution < -0.4 is 10.6 Å². The molecule has 1 amide bonds. The Bertz CT molecular complexity index is 912. The van der Waals surface area contributed by atoms with Gasteiger partial charge in [-0.1, -0.05) is 11.6 Å². The van der Waals surface area contributed by atoms with Crippen molar-refractivity contribution in [3.05, 3.63) is 51.1 Å². The smallest absolute Gasteiger partial charge is 0.256 e. The predicted molar refractivity (Wildman–Crippen MR) is 109 cm³/mol. The van der Waals surface area contributed by atoms with E-state index in [0.717, 1.165) is 31.2 Å². The molecule has 3 rings (SSSR count). The zero-order valence-electron chi connectivity index (χ0n) is 17.1. The summed E-state index contributed by atoms with van der Waals surface area (Å²) in [6.45, 7) is 5.61. The van der Waals surface area contributed by atoms with Crippen molar-refractivity contribution in [1.82, 2.24) is 15.3 Å². The summed E-state index contributed by atoms with van der Waals surface area (Å²) >= 11 is 5.70. The van der Waals surface area contributed by atoms with E-state index >= 15 is 0 Å². The average Bonchev–Trinajstić information content (AvgIpc) is 2.70. The van der Waals surface area contributed by atoms with E-state index in [9.17, 15) is 18.0 Å². The number of amides is 1. The molecule has 0 unspecified atom stereocenters. The van der Waals surface area contributed by atoms with Crippen LogP contribution in [0.5, 0.6) is 0 Å². The maximum atomic E-state index is 14.3. The van der Waals surface area contributed by atoms with Crippen molar-refractivity contribution in [2.24, 2.45) is 5.92 Å². The highest BCUT2D eigenvalue weighted by Gasteiger charge is 2.29. The van der Waals surface area contributed by atoms with Gasteiger partial charge in [0, 0.05) is 29.5 Å². The molecule has 0 atom stereocenters. The Hall–Kier alpha value is -2.35. The number of nitrogens with zero attached hydrogens (tertiary/aromatic N) is 2. The first-order valence-electron chi connectivity index (χ1n) is 9.87. The number of carbonyl (C=O) groups excluding carboxylic acids is 1. The molecule has 1 fully saturated rings. The minimum atomic E-state index is -1.41. The van der Waals surface area contributed by atoms with Gasteiger partial charge in [-0.15, -0.1) is 0 Å². The van der Waals surface area contributed by atoms with Crippen LogP contribution in [-0.2, 0) is 0 Å². The van der Waals surface area contributed by atoms with Crippen molar-refractivity contribution in [2.45, 2.75) is 52.5 Å². The van der Waals surface area contributed by atoms with Gasteiger partial charge in [-0.05, 0) is 58.4 Å². The molecule has 0 saturated heterocycles. The van der Waals surface area contributed by atoms with Gasteiger partial charge >= 0.3 is 0 Å². The molecular formula is C21H24ClF3N4O. The number of nitrogens with one attached hydrogen (secondary N) is 2. The van der Waals surface area contributed by atoms with Crippen LogP contribution in [0.3, 0.4) is 0 Å². The van der Waals surface area contributed by atoms with Gasteiger partial charge in [-0.25, -0.2) is 23.1 Å². The highest BCUT2D eigenvalue weighted by molar-refractivity contribution is 6.34. The van der Waals surface area contributed by atoms with E-state index in [2.05, 4.69) is 20.6 Å². The number of halogens is 4. The Kier molecular flexibility index (Phi) is 6.85. The molecule has 2 aromatic rings. The second-order valence-electron chi connectivity index (χ2n) is 7.80. The highest BCUT2D eigenvalue weighted by Crippen LogP contribution is 2.30. The van der Waals surface area contributed by atoms with Gasteiger partial charge in [0.05, 0.1) is 10.6 Å². The summed E-state index contributed by atoms with van der Waals surface area (Å²) in [6.07, 6.45) is 3.06. The molecule has 1 saturated carbocycles. The van der Waals surface area contributed by atoms with Crippen LogP contribution in [0, 0.1) is 44.1 Å². The monoisotopic (exact) mass is 440 g/mol. The number of hydrogen-bond donors (Lipinski definition) is 2. The van der Waals surface area contributed by atoms with Crippen LogP contribution in [0.25, 0.3) is 0 Å². The fourth-order valence-corrected chi connectivity index (χ4v) is 4.01. The first-order valence-corrected chi connectivity index (χ1v) is 10.2. The Morgan fingerprint density at radius 2 is 1.63 bits per heavy atom. The first kappa shape index (κ1) is 22.3. The lowest BCUT2D eigenvalue weighted by atomic mass is 9.86. The van der Waals surface area contributed by atoms with E-state index in [1.807, 2.05) is 19.9 Å². The molecule has 0 spiro atoms. The number of anilines is 1. The van der Waals surface area contributed by atoms with Crippen LogP contribution in [0.1, 0.15) is 53.0 Å². The summed E-state index contributed by atoms with van der Waals surface area (Å²) in [5.74, 6) is -3.78. The van der Waals surface area contributed by atoms with Gasteiger partial charge < -0.3 is 10.6 Å². The quantitative estimate of drug-likeness (QED) is 0.514. The number of hydrogen-bond acceptors (Lipinski definition) is 4. The molecule has 1 aliphatic rings. The summed E-state index contributed by atoms with van der Waals surface area (Å²) in [6, 6.07) is 1.72. The Morgan fingerprint density at radius 3 is 2.23 bits per heavy atom. The van der Waals surface area contributed by atoms with Crippen molar-refractivity contribution in [2.75, 3.05) is 11.9 Å². The third kappa shape index (κ3) is 4.86. The van der Waals surface area contributed by atoms with Gasteiger partial charge in [0.2, 0.25) is 5.95 Å². The maximum Gasteiger partial charge on any atom is 0.256 e. The van der Waals surface area contributed by atoms with Crippen molar-refractivity contribution in [1.29, 1.82) is 0 Å². The van der Waals surface area contributed by atoms with E-state index in [4.69, 9.17) is 11.6 Å². The highest BCUT2D eigenvalue weighted by atomic mass is 35.5. The number of carbonyl (C=O) groups is 1. The van der Waals surface area contributed by atoms with Crippen LogP contribution >= 0.6 is 11.6 Å². The van der Waals surface area contributed by atoms with E-state index in [0.29, 0.717) is 31.3 Å². The van der Waals surface area contributed by atoms with Gasteiger partial charge in [0.1, 0.15) is 5.82 Å². The zero-order chi connectivity index (χ0) is 22.0. The van der Waals surface area contributed by atoms with Crippen LogP contribution in [-0.4, -0.2) is 28.5 Å². The minimum Gasteiger partial charge on any atom is -0.354 e. The summed E-state index contributed by atoms with van der Waals surface area (Å²) < 4.78 is 41.7. The molecule has 0 radical (unpaired) electrons. The van der Waals surface area contributed by atoms with Gasteiger partial charge in [0.25, 0.3) is 5.91 Å². The van der Waals surface area contributed by atoms with Crippen molar-refractivity contribution < 1.29 is 18.0 Å². The second-order valence-corrected chi connectivity index (χ2v) is 8.18. The van der Waals surface area contributed by atoms with Crippen LogP contribution in [0.2, 0.25) is 5.02 Å². The van der Waals surface area contributed by atoms with Gasteiger partial charge in [0.15, 0.2) is 11.6 Å². The number of aryl methyl sites for hydroxylation is 2. The molecule has 1 aromatic carbocycles. The third-order valence-corrected chi connectivity index (χ3v) is 5.78. The molecule has 1 aromatic heterocycles. The standard InChI is InChI=1S/C21H24ClF3N4O/c1-10-8-11(2)28-21(27-10)26-9-13-4-6-14(7-5-13)29-20(30)15-16(22)19(25)18(24)12(3)17(15)23/h8,13-14H,4-7,9H2,1-3H3,(H,29,30)(H,26,27,28). The minimum absolute atomic E-state index is 0.185. The van der Waals surface area contributed by atoms with Crippen molar-refractivity contribution in [3.8, 4) is 0 Å². The van der Waals surface area contributed by atoms with Gasteiger partial charge in [-0.2, -0.15) is 0 Å². The topological polar surface area (TPSA) is 66.9 Å². The van der Waals surface area contributed by atoms with E-state index in [1.54, 1.807) is 0 Å². The number of rotatable bonds is 5. The summed E-state index contributed by atoms with van der Waals surface area (Å²) in [5, 5.41) is 5.12. The summed E-state index contributed by atoms with van der Waals surface area (Å²) in [5.41, 5.74) is 0.582. The lowest BCUT2D eigenvalue weighted by Gasteiger charge is -2.29. The fourth-order valence-electron chi connectivity index (χ4n) is 3.76. The van der Waals surface area contributed by atoms with Crippen molar-refractivity contribution in [3.63, 3.8) is 0 Å². The van der Waals surface area contributed by atoms with Crippen molar-refractivity contribution >= 4 is 23.5 Å². The molecule has 0 bridgehead atoms. The Balaban J connectivity index is 1.55. The molecule has 5 nitrogen and oxygen atoms in total. The lowest BCUT2D eigenvalue weighted by Crippen LogP contribution is -2.39. The van der Waals surface area contributed by atoms with Crippen LogP contribution in [0.4, 0.5) is 19.1 Å². The Morgan fingerprint density at radius 1 is 1.03 bits per heavy atom. The molecule has 9 heteroatoms. The number of benzene rings is 1. The lowest BCUT2D eigenvalue weighted by molar-refractivity contribution is 0.0918. The number of aromatic nitrogens is 2. The van der Waals surface area contributed by atoms with Crippen LogP contribution in [0.15, 0.2) is 6.07 Å². The third-order valence-electron chi connectivity index (χ3n) is 5.42. The molecule has 162 valence electrons. The largest absolute Gasteiger partial charge is 0.354 e. The maximum absolute atomic E-state index is 14.3. The molecular weight excluding hydrogens is 417 g/mol. The molecule has 1 heterocycles. The first-order chi connectivity index (χ1) is 14.2. The normalized spacial score (nSPS) is 18.9. The molecule has 30 heavy (non-hydrogen) atoms. The molecule has 2 N–H and O–H groups in total. The SMILES string of the molecule is Cc1cc(C)nc(NCC2CCC(NC(=O)c3c(F)c(C)c(F)c(F)c3Cl)CC2)n1. The Labute approximate surface area is 178 Å².